The van der Waals surface area contributed by atoms with Crippen LogP contribution in [0.2, 0.25) is 0 Å². The second-order valence-corrected chi connectivity index (χ2v) is 7.06. The van der Waals surface area contributed by atoms with E-state index in [4.69, 9.17) is 10.5 Å². The highest BCUT2D eigenvalue weighted by Crippen LogP contribution is 2.37. The number of hydrogen-bond donors (Lipinski definition) is 1. The fraction of sp³-hybridized carbons (Fsp3) is 0.318. The molecule has 3 heterocycles. The van der Waals surface area contributed by atoms with E-state index in [1.54, 1.807) is 7.11 Å². The Morgan fingerprint density at radius 1 is 1.14 bits per heavy atom. The van der Waals surface area contributed by atoms with E-state index < -0.39 is 0 Å². The van der Waals surface area contributed by atoms with Crippen molar-refractivity contribution in [3.8, 4) is 16.9 Å². The molecule has 2 aromatic heterocycles. The first-order chi connectivity index (χ1) is 13.7. The molecule has 0 aliphatic carbocycles. The van der Waals surface area contributed by atoms with E-state index in [-0.39, 0.29) is 6.04 Å². The van der Waals surface area contributed by atoms with Crippen molar-refractivity contribution in [3.63, 3.8) is 0 Å². The molecule has 0 unspecified atom stereocenters. The van der Waals surface area contributed by atoms with E-state index in [0.717, 1.165) is 47.8 Å². The van der Waals surface area contributed by atoms with Crippen LogP contribution in [0.15, 0.2) is 54.9 Å². The number of benzene rings is 1. The van der Waals surface area contributed by atoms with Gasteiger partial charge < -0.3 is 10.5 Å². The molecular weight excluding hydrogens is 350 g/mol. The van der Waals surface area contributed by atoms with Crippen molar-refractivity contribution in [2.75, 3.05) is 19.4 Å². The van der Waals surface area contributed by atoms with Crippen LogP contribution < -0.4 is 10.5 Å². The first-order valence-corrected chi connectivity index (χ1v) is 9.65. The summed E-state index contributed by atoms with van der Waals surface area (Å²) in [5, 5.41) is 0. The van der Waals surface area contributed by atoms with Crippen LogP contribution in [-0.4, -0.2) is 33.5 Å². The number of likely N-dealkylation sites (tertiary alicyclic amines) is 1. The third kappa shape index (κ3) is 3.97. The molecule has 0 spiro atoms. The van der Waals surface area contributed by atoms with Crippen LogP contribution in [0.3, 0.4) is 0 Å². The second kappa shape index (κ2) is 8.35. The van der Waals surface area contributed by atoms with Gasteiger partial charge in [0.05, 0.1) is 24.5 Å². The number of hydrogen-bond acceptors (Lipinski definition) is 6. The largest absolute Gasteiger partial charge is 0.497 e. The van der Waals surface area contributed by atoms with Crippen LogP contribution in [-0.2, 0) is 6.54 Å². The summed E-state index contributed by atoms with van der Waals surface area (Å²) >= 11 is 0. The van der Waals surface area contributed by atoms with Crippen LogP contribution in [0.25, 0.3) is 11.1 Å². The lowest BCUT2D eigenvalue weighted by atomic mass is 9.93. The Labute approximate surface area is 165 Å². The Kier molecular flexibility index (Phi) is 5.48. The number of nitrogens with zero attached hydrogens (tertiary/aromatic N) is 4. The Morgan fingerprint density at radius 2 is 2.07 bits per heavy atom. The molecule has 6 heteroatoms. The van der Waals surface area contributed by atoms with Gasteiger partial charge in [-0.15, -0.1) is 0 Å². The molecule has 144 valence electrons. The number of piperidine rings is 1. The number of nitrogens with two attached hydrogens (primary N) is 1. The van der Waals surface area contributed by atoms with E-state index in [9.17, 15) is 0 Å². The predicted molar refractivity (Wildman–Crippen MR) is 110 cm³/mol. The molecule has 2 N–H and O–H groups in total. The van der Waals surface area contributed by atoms with Gasteiger partial charge in [-0.25, -0.2) is 9.97 Å². The second-order valence-electron chi connectivity index (χ2n) is 7.06. The molecule has 6 nitrogen and oxygen atoms in total. The van der Waals surface area contributed by atoms with Gasteiger partial charge >= 0.3 is 0 Å². The zero-order valence-corrected chi connectivity index (χ0v) is 16.1. The molecule has 0 amide bonds. The van der Waals surface area contributed by atoms with Gasteiger partial charge in [0.1, 0.15) is 5.75 Å². The third-order valence-electron chi connectivity index (χ3n) is 5.24. The number of nitrogen functional groups attached to an aromatic ring is 1. The topological polar surface area (TPSA) is 77.2 Å². The third-order valence-corrected chi connectivity index (χ3v) is 5.24. The van der Waals surface area contributed by atoms with E-state index in [2.05, 4.69) is 32.0 Å². The highest BCUT2D eigenvalue weighted by atomic mass is 16.5. The molecule has 3 aromatic rings. The summed E-state index contributed by atoms with van der Waals surface area (Å²) in [6, 6.07) is 14.2. The maximum atomic E-state index is 5.99. The Hall–Kier alpha value is -2.99. The molecule has 0 bridgehead atoms. The van der Waals surface area contributed by atoms with Crippen LogP contribution in [0.1, 0.15) is 36.7 Å². The van der Waals surface area contributed by atoms with Gasteiger partial charge in [-0.1, -0.05) is 24.6 Å². The van der Waals surface area contributed by atoms with E-state index in [1.807, 2.05) is 42.7 Å². The van der Waals surface area contributed by atoms with E-state index in [0.29, 0.717) is 5.95 Å². The summed E-state index contributed by atoms with van der Waals surface area (Å²) in [7, 11) is 1.68. The molecular formula is C22H25N5O. The van der Waals surface area contributed by atoms with Gasteiger partial charge in [0.15, 0.2) is 0 Å². The molecule has 28 heavy (non-hydrogen) atoms. The van der Waals surface area contributed by atoms with Crippen molar-refractivity contribution < 1.29 is 4.74 Å². The zero-order valence-electron chi connectivity index (χ0n) is 16.1. The maximum Gasteiger partial charge on any atom is 0.220 e. The number of ether oxygens (including phenoxy) is 1. The van der Waals surface area contributed by atoms with Crippen molar-refractivity contribution in [2.24, 2.45) is 0 Å². The molecule has 1 aliphatic rings. The molecule has 1 fully saturated rings. The van der Waals surface area contributed by atoms with Crippen molar-refractivity contribution in [1.29, 1.82) is 0 Å². The summed E-state index contributed by atoms with van der Waals surface area (Å²) in [6.07, 6.45) is 7.07. The summed E-state index contributed by atoms with van der Waals surface area (Å²) in [4.78, 5) is 15.9. The minimum atomic E-state index is 0.183. The Morgan fingerprint density at radius 3 is 2.89 bits per heavy atom. The molecule has 4 rings (SSSR count). The highest BCUT2D eigenvalue weighted by Gasteiger charge is 2.28. The highest BCUT2D eigenvalue weighted by molar-refractivity contribution is 5.67. The Bertz CT molecular complexity index is 931. The minimum Gasteiger partial charge on any atom is -0.497 e. The summed E-state index contributed by atoms with van der Waals surface area (Å²) < 4.78 is 5.40. The number of pyridine rings is 1. The van der Waals surface area contributed by atoms with Crippen LogP contribution in [0.5, 0.6) is 5.75 Å². The quantitative estimate of drug-likeness (QED) is 0.730. The zero-order chi connectivity index (χ0) is 19.3. The van der Waals surface area contributed by atoms with Crippen LogP contribution in [0.4, 0.5) is 5.95 Å². The van der Waals surface area contributed by atoms with Crippen molar-refractivity contribution in [1.82, 2.24) is 19.9 Å². The lowest BCUT2D eigenvalue weighted by Crippen LogP contribution is -2.34. The maximum absolute atomic E-state index is 5.99. The van der Waals surface area contributed by atoms with Crippen LogP contribution >= 0.6 is 0 Å². The number of rotatable bonds is 5. The van der Waals surface area contributed by atoms with Crippen molar-refractivity contribution >= 4 is 5.95 Å². The monoisotopic (exact) mass is 375 g/mol. The smallest absolute Gasteiger partial charge is 0.220 e. The molecule has 1 saturated heterocycles. The van der Waals surface area contributed by atoms with E-state index in [1.165, 1.54) is 12.8 Å². The summed E-state index contributed by atoms with van der Waals surface area (Å²) in [5.74, 6) is 1.12. The first-order valence-electron chi connectivity index (χ1n) is 9.65. The average molecular weight is 375 g/mol. The summed E-state index contributed by atoms with van der Waals surface area (Å²) in [6.45, 7) is 1.82. The van der Waals surface area contributed by atoms with Gasteiger partial charge in [0.25, 0.3) is 0 Å². The van der Waals surface area contributed by atoms with Gasteiger partial charge in [-0.3, -0.25) is 9.88 Å². The molecule has 1 aliphatic heterocycles. The molecule has 1 atom stereocenters. The van der Waals surface area contributed by atoms with Crippen molar-refractivity contribution in [3.05, 3.63) is 66.2 Å². The lowest BCUT2D eigenvalue weighted by molar-refractivity contribution is 0.136. The average Bonchev–Trinajstić information content (AvgIpc) is 2.75. The van der Waals surface area contributed by atoms with Gasteiger partial charge in [0.2, 0.25) is 5.95 Å². The Balaban J connectivity index is 1.72. The van der Waals surface area contributed by atoms with Gasteiger partial charge in [-0.05, 0) is 49.2 Å². The van der Waals surface area contributed by atoms with Gasteiger partial charge in [0, 0.05) is 24.5 Å². The standard InChI is InChI=1S/C22H25N5O/c1-28-18-9-6-7-16(13-18)19-14-25-22(23)26-21(19)20-10-3-5-12-27(20)15-17-8-2-4-11-24-17/h2,4,6-9,11,13-14,20H,3,5,10,12,15H2,1H3,(H2,23,25,26)/t20-/m1/s1. The lowest BCUT2D eigenvalue weighted by Gasteiger charge is -2.36. The summed E-state index contributed by atoms with van der Waals surface area (Å²) in [5.41, 5.74) is 10.1. The fourth-order valence-electron chi connectivity index (χ4n) is 3.87. The predicted octanol–water partition coefficient (Wildman–Crippen LogP) is 3.86. The normalized spacial score (nSPS) is 17.4. The van der Waals surface area contributed by atoms with E-state index >= 15 is 0 Å². The molecule has 0 saturated carbocycles. The minimum absolute atomic E-state index is 0.183. The fourth-order valence-corrected chi connectivity index (χ4v) is 3.87. The van der Waals surface area contributed by atoms with Crippen molar-refractivity contribution in [2.45, 2.75) is 31.8 Å². The van der Waals surface area contributed by atoms with Gasteiger partial charge in [-0.2, -0.15) is 0 Å². The first kappa shape index (κ1) is 18.4. The number of aromatic nitrogens is 3. The number of methoxy groups -OCH3 is 1. The van der Waals surface area contributed by atoms with Crippen LogP contribution in [0, 0.1) is 0 Å². The number of anilines is 1. The molecule has 0 radical (unpaired) electrons. The molecule has 1 aromatic carbocycles. The SMILES string of the molecule is COc1cccc(-c2cnc(N)nc2[C@H]2CCCCN2Cc2ccccn2)c1.